The minimum absolute atomic E-state index is 0.0973. The molecule has 100 valence electrons. The quantitative estimate of drug-likeness (QED) is 0.704. The van der Waals surface area contributed by atoms with Crippen LogP contribution in [0.25, 0.3) is 0 Å². The zero-order valence-corrected chi connectivity index (χ0v) is 10.6. The summed E-state index contributed by atoms with van der Waals surface area (Å²) in [6.45, 7) is 2.15. The number of rotatable bonds is 6. The first kappa shape index (κ1) is 14.0. The number of aryl methyl sites for hydroxylation is 2. The van der Waals surface area contributed by atoms with Gasteiger partial charge in [0.2, 0.25) is 0 Å². The standard InChI is InChI=1S/C11H18N4O3/c1-3-4-8-7-9(15(2)14-8)13-11(18)12-6-5-10(16)17/h7H,3-6H2,1-2H3,(H,16,17)(H2,12,13,18). The Morgan fingerprint density at radius 1 is 1.50 bits per heavy atom. The Morgan fingerprint density at radius 3 is 2.83 bits per heavy atom. The number of carbonyl (C=O) groups is 2. The summed E-state index contributed by atoms with van der Waals surface area (Å²) >= 11 is 0. The molecule has 0 unspecified atom stereocenters. The van der Waals surface area contributed by atoms with Gasteiger partial charge in [-0.2, -0.15) is 5.10 Å². The zero-order chi connectivity index (χ0) is 13.5. The Bertz CT molecular complexity index is 428. The van der Waals surface area contributed by atoms with E-state index in [0.717, 1.165) is 18.5 Å². The van der Waals surface area contributed by atoms with E-state index in [1.165, 1.54) is 0 Å². The number of nitrogens with zero attached hydrogens (tertiary/aromatic N) is 2. The first-order valence-corrected chi connectivity index (χ1v) is 5.82. The van der Waals surface area contributed by atoms with Gasteiger partial charge in [0, 0.05) is 19.7 Å². The summed E-state index contributed by atoms with van der Waals surface area (Å²) < 4.78 is 1.59. The summed E-state index contributed by atoms with van der Waals surface area (Å²) in [4.78, 5) is 21.7. The molecule has 0 aliphatic rings. The van der Waals surface area contributed by atoms with Crippen molar-refractivity contribution in [2.24, 2.45) is 7.05 Å². The summed E-state index contributed by atoms with van der Waals surface area (Å²) in [5, 5.41) is 17.8. The molecule has 2 amide bonds. The van der Waals surface area contributed by atoms with E-state index in [1.807, 2.05) is 0 Å². The summed E-state index contributed by atoms with van der Waals surface area (Å²) in [5.74, 6) is -0.354. The van der Waals surface area contributed by atoms with Gasteiger partial charge in [-0.05, 0) is 6.42 Å². The number of carboxylic acids is 1. The van der Waals surface area contributed by atoms with E-state index in [2.05, 4.69) is 22.7 Å². The highest BCUT2D eigenvalue weighted by Crippen LogP contribution is 2.10. The van der Waals surface area contributed by atoms with Gasteiger partial charge in [0.25, 0.3) is 0 Å². The van der Waals surface area contributed by atoms with Gasteiger partial charge in [-0.3, -0.25) is 14.8 Å². The number of amides is 2. The normalized spacial score (nSPS) is 10.1. The fraction of sp³-hybridized carbons (Fsp3) is 0.545. The average molecular weight is 254 g/mol. The third-order valence-electron chi connectivity index (χ3n) is 2.30. The Balaban J connectivity index is 2.46. The van der Waals surface area contributed by atoms with Crippen LogP contribution in [0, 0.1) is 0 Å². The lowest BCUT2D eigenvalue weighted by Gasteiger charge is -2.05. The SMILES string of the molecule is CCCc1cc(NC(=O)NCCC(=O)O)n(C)n1. The van der Waals surface area contributed by atoms with Gasteiger partial charge in [-0.15, -0.1) is 0 Å². The lowest BCUT2D eigenvalue weighted by Crippen LogP contribution is -2.31. The molecule has 0 atom stereocenters. The van der Waals surface area contributed by atoms with E-state index in [9.17, 15) is 9.59 Å². The van der Waals surface area contributed by atoms with E-state index in [4.69, 9.17) is 5.11 Å². The zero-order valence-electron chi connectivity index (χ0n) is 10.6. The second-order valence-corrected chi connectivity index (χ2v) is 3.92. The van der Waals surface area contributed by atoms with Crippen molar-refractivity contribution in [3.05, 3.63) is 11.8 Å². The molecule has 18 heavy (non-hydrogen) atoms. The molecule has 0 fully saturated rings. The predicted molar refractivity (Wildman–Crippen MR) is 66.5 cm³/mol. The maximum absolute atomic E-state index is 11.5. The number of carbonyl (C=O) groups excluding carboxylic acids is 1. The lowest BCUT2D eigenvalue weighted by atomic mass is 10.2. The van der Waals surface area contributed by atoms with Crippen molar-refractivity contribution < 1.29 is 14.7 Å². The predicted octanol–water partition coefficient (Wildman–Crippen LogP) is 0.969. The minimum atomic E-state index is -0.943. The molecule has 0 aromatic carbocycles. The Morgan fingerprint density at radius 2 is 2.22 bits per heavy atom. The molecule has 0 radical (unpaired) electrons. The highest BCUT2D eigenvalue weighted by Gasteiger charge is 2.08. The average Bonchev–Trinajstić information content (AvgIpc) is 2.59. The molecule has 1 aromatic rings. The van der Waals surface area contributed by atoms with Crippen LogP contribution in [-0.2, 0) is 18.3 Å². The molecule has 7 heteroatoms. The van der Waals surface area contributed by atoms with Crippen molar-refractivity contribution in [1.82, 2.24) is 15.1 Å². The maximum atomic E-state index is 11.5. The van der Waals surface area contributed by atoms with Crippen molar-refractivity contribution in [2.45, 2.75) is 26.2 Å². The van der Waals surface area contributed by atoms with Crippen LogP contribution in [0.15, 0.2) is 6.07 Å². The van der Waals surface area contributed by atoms with Crippen molar-refractivity contribution in [2.75, 3.05) is 11.9 Å². The van der Waals surface area contributed by atoms with Gasteiger partial charge in [-0.1, -0.05) is 13.3 Å². The molecule has 1 rings (SSSR count). The smallest absolute Gasteiger partial charge is 0.320 e. The number of urea groups is 1. The van der Waals surface area contributed by atoms with Gasteiger partial charge in [0.05, 0.1) is 12.1 Å². The van der Waals surface area contributed by atoms with E-state index < -0.39 is 12.0 Å². The van der Waals surface area contributed by atoms with Gasteiger partial charge in [0.1, 0.15) is 5.82 Å². The largest absolute Gasteiger partial charge is 0.481 e. The molecule has 0 aliphatic heterocycles. The van der Waals surface area contributed by atoms with Crippen LogP contribution in [0.1, 0.15) is 25.5 Å². The molecule has 1 heterocycles. The molecule has 0 saturated carbocycles. The third-order valence-corrected chi connectivity index (χ3v) is 2.30. The molecular weight excluding hydrogens is 236 g/mol. The number of aliphatic carboxylic acids is 1. The lowest BCUT2D eigenvalue weighted by molar-refractivity contribution is -0.136. The fourth-order valence-corrected chi connectivity index (χ4v) is 1.47. The molecule has 0 saturated heterocycles. The van der Waals surface area contributed by atoms with Crippen LogP contribution in [0.5, 0.6) is 0 Å². The van der Waals surface area contributed by atoms with E-state index in [-0.39, 0.29) is 13.0 Å². The van der Waals surface area contributed by atoms with Gasteiger partial charge in [0.15, 0.2) is 0 Å². The number of anilines is 1. The molecule has 0 bridgehead atoms. The third kappa shape index (κ3) is 4.44. The number of hydrogen-bond donors (Lipinski definition) is 3. The monoisotopic (exact) mass is 254 g/mol. The van der Waals surface area contributed by atoms with E-state index >= 15 is 0 Å². The topological polar surface area (TPSA) is 96.3 Å². The molecule has 7 nitrogen and oxygen atoms in total. The first-order valence-electron chi connectivity index (χ1n) is 5.82. The first-order chi connectivity index (χ1) is 8.52. The van der Waals surface area contributed by atoms with E-state index in [0.29, 0.717) is 5.82 Å². The summed E-state index contributed by atoms with van der Waals surface area (Å²) in [5.41, 5.74) is 0.917. The number of carboxylic acid groups (broad SMARTS) is 1. The summed E-state index contributed by atoms with van der Waals surface area (Å²) in [7, 11) is 1.74. The van der Waals surface area contributed by atoms with E-state index in [1.54, 1.807) is 17.8 Å². The van der Waals surface area contributed by atoms with Crippen LogP contribution in [0.3, 0.4) is 0 Å². The second-order valence-electron chi connectivity index (χ2n) is 3.92. The molecule has 1 aromatic heterocycles. The Labute approximate surface area is 105 Å². The number of aromatic nitrogens is 2. The van der Waals surface area contributed by atoms with Crippen LogP contribution in [-0.4, -0.2) is 33.4 Å². The number of hydrogen-bond acceptors (Lipinski definition) is 3. The van der Waals surface area contributed by atoms with Crippen LogP contribution < -0.4 is 10.6 Å². The molecular formula is C11H18N4O3. The van der Waals surface area contributed by atoms with Crippen LogP contribution in [0.4, 0.5) is 10.6 Å². The summed E-state index contributed by atoms with van der Waals surface area (Å²) in [6.07, 6.45) is 1.75. The highest BCUT2D eigenvalue weighted by atomic mass is 16.4. The van der Waals surface area contributed by atoms with Gasteiger partial charge < -0.3 is 10.4 Å². The Kier molecular flexibility index (Phi) is 5.16. The second kappa shape index (κ2) is 6.63. The highest BCUT2D eigenvalue weighted by molar-refractivity contribution is 5.88. The van der Waals surface area contributed by atoms with Crippen molar-refractivity contribution in [3.8, 4) is 0 Å². The minimum Gasteiger partial charge on any atom is -0.481 e. The molecule has 3 N–H and O–H groups in total. The van der Waals surface area contributed by atoms with Crippen molar-refractivity contribution >= 4 is 17.8 Å². The summed E-state index contributed by atoms with van der Waals surface area (Å²) in [6, 6.07) is 1.38. The van der Waals surface area contributed by atoms with Crippen LogP contribution >= 0.6 is 0 Å². The number of nitrogens with one attached hydrogen (secondary N) is 2. The van der Waals surface area contributed by atoms with Gasteiger partial charge in [-0.25, -0.2) is 4.79 Å². The van der Waals surface area contributed by atoms with Crippen molar-refractivity contribution in [3.63, 3.8) is 0 Å². The maximum Gasteiger partial charge on any atom is 0.320 e. The molecule has 0 spiro atoms. The van der Waals surface area contributed by atoms with Crippen LogP contribution in [0.2, 0.25) is 0 Å². The fourth-order valence-electron chi connectivity index (χ4n) is 1.47. The van der Waals surface area contributed by atoms with Gasteiger partial charge >= 0.3 is 12.0 Å². The Hall–Kier alpha value is -2.05. The van der Waals surface area contributed by atoms with Crippen molar-refractivity contribution in [1.29, 1.82) is 0 Å². The molecule has 0 aliphatic carbocycles.